The second kappa shape index (κ2) is 16.8. The molecule has 49 heavy (non-hydrogen) atoms. The van der Waals surface area contributed by atoms with Crippen LogP contribution in [-0.2, 0) is 48.3 Å². The highest BCUT2D eigenvalue weighted by atomic mass is 32.2. The highest BCUT2D eigenvalue weighted by Gasteiger charge is 2.51. The fraction of sp³-hybridized carbons (Fsp3) is 0.452. The topological polar surface area (TPSA) is 63.2 Å². The number of thioether (sulfide) groups is 1. The van der Waals surface area contributed by atoms with Crippen LogP contribution in [0.1, 0.15) is 57.2 Å². The largest absolute Gasteiger partial charge is 0.374 e. The summed E-state index contributed by atoms with van der Waals surface area (Å²) in [7, 11) is 0. The van der Waals surface area contributed by atoms with E-state index < -0.39 is 24.6 Å². The lowest BCUT2D eigenvalue weighted by Gasteiger charge is -2.55. The lowest BCUT2D eigenvalue weighted by atomic mass is 9.50. The van der Waals surface area contributed by atoms with E-state index in [2.05, 4.69) is 56.3 Å². The third-order valence-corrected chi connectivity index (χ3v) is 11.9. The van der Waals surface area contributed by atoms with Crippen LogP contribution < -0.4 is 0 Å². The maximum Gasteiger partial charge on any atom is 0.173 e. The molecule has 7 atom stereocenters. The molecule has 6 nitrogen and oxygen atoms in total. The molecule has 0 spiro atoms. The fourth-order valence-corrected chi connectivity index (χ4v) is 8.43. The van der Waals surface area contributed by atoms with E-state index in [9.17, 15) is 4.79 Å². The smallest absolute Gasteiger partial charge is 0.173 e. The van der Waals surface area contributed by atoms with Gasteiger partial charge in [-0.25, -0.2) is 0 Å². The van der Waals surface area contributed by atoms with E-state index in [4.69, 9.17) is 23.7 Å². The van der Waals surface area contributed by atoms with E-state index >= 15 is 0 Å². The summed E-state index contributed by atoms with van der Waals surface area (Å²) in [6.45, 7) is 10.2. The molecule has 0 radical (unpaired) electrons. The Morgan fingerprint density at radius 3 is 1.90 bits per heavy atom. The van der Waals surface area contributed by atoms with Gasteiger partial charge >= 0.3 is 0 Å². The Balaban J connectivity index is 1.30. The van der Waals surface area contributed by atoms with Crippen molar-refractivity contribution in [2.24, 2.45) is 17.3 Å². The van der Waals surface area contributed by atoms with Gasteiger partial charge in [0.2, 0.25) is 0 Å². The van der Waals surface area contributed by atoms with Gasteiger partial charge in [-0.2, -0.15) is 0 Å². The van der Waals surface area contributed by atoms with Crippen LogP contribution in [0, 0.1) is 17.3 Å². The van der Waals surface area contributed by atoms with E-state index in [0.29, 0.717) is 55.2 Å². The number of ketones is 1. The zero-order chi connectivity index (χ0) is 34.2. The molecule has 3 aromatic carbocycles. The summed E-state index contributed by atoms with van der Waals surface area (Å²) in [6.07, 6.45) is 4.49. The second-order valence-corrected chi connectivity index (χ2v) is 15.3. The zero-order valence-corrected chi connectivity index (χ0v) is 30.0. The molecule has 7 rings (SSSR count). The number of rotatable bonds is 16. The molecule has 1 heterocycles. The molecule has 0 aromatic heterocycles. The van der Waals surface area contributed by atoms with Gasteiger partial charge in [0.1, 0.15) is 18.3 Å². The molecule has 0 amide bonds. The molecular weight excluding hydrogens is 633 g/mol. The van der Waals surface area contributed by atoms with E-state index in [1.807, 2.05) is 67.6 Å². The molecule has 1 saturated carbocycles. The van der Waals surface area contributed by atoms with Crippen molar-refractivity contribution in [2.75, 3.05) is 13.2 Å². The minimum Gasteiger partial charge on any atom is -0.374 e. The first-order valence-electron chi connectivity index (χ1n) is 17.5. The minimum atomic E-state index is -0.658. The highest BCUT2D eigenvalue weighted by Crippen LogP contribution is 2.58. The molecule has 260 valence electrons. The molecule has 7 heteroatoms. The molecule has 0 unspecified atom stereocenters. The Kier molecular flexibility index (Phi) is 12.3. The summed E-state index contributed by atoms with van der Waals surface area (Å²) in [5.41, 5.74) is 4.88. The quantitative estimate of drug-likeness (QED) is 0.111. The Hall–Kier alpha value is -3.04. The van der Waals surface area contributed by atoms with Crippen LogP contribution >= 0.6 is 11.8 Å². The molecule has 1 aliphatic heterocycles. The van der Waals surface area contributed by atoms with Crippen molar-refractivity contribution < 1.29 is 28.5 Å². The van der Waals surface area contributed by atoms with Crippen molar-refractivity contribution in [3.8, 4) is 0 Å². The first kappa shape index (κ1) is 35.8. The highest BCUT2D eigenvalue weighted by molar-refractivity contribution is 8.04. The number of hydrogen-bond acceptors (Lipinski definition) is 7. The van der Waals surface area contributed by atoms with E-state index in [0.717, 1.165) is 23.1 Å². The van der Waals surface area contributed by atoms with Gasteiger partial charge in [0.05, 0.1) is 38.3 Å². The van der Waals surface area contributed by atoms with Gasteiger partial charge in [0.15, 0.2) is 12.1 Å². The van der Waals surface area contributed by atoms with Crippen LogP contribution in [0.5, 0.6) is 0 Å². The van der Waals surface area contributed by atoms with Crippen molar-refractivity contribution in [3.63, 3.8) is 0 Å². The Morgan fingerprint density at radius 1 is 0.816 bits per heavy atom. The van der Waals surface area contributed by atoms with Crippen molar-refractivity contribution >= 4 is 17.5 Å². The SMILES string of the molecule is C/C=C(/S[C@H]1[C@H](OCC2=C[C@@H]3C[C@H](C2)C3(C)C)O[C@H](COCc2ccccc2)[C@@H](OCc2ccccc2)[C@@H]1OCc1ccccc1)C(C)=O. The number of benzene rings is 3. The van der Waals surface area contributed by atoms with Crippen molar-refractivity contribution in [1.82, 2.24) is 0 Å². The number of carbonyl (C=O) groups excluding carboxylic acids is 1. The van der Waals surface area contributed by atoms with Crippen molar-refractivity contribution in [1.29, 1.82) is 0 Å². The maximum atomic E-state index is 12.8. The Morgan fingerprint density at radius 2 is 1.39 bits per heavy atom. The number of allylic oxidation sites excluding steroid dienone is 3. The Bertz CT molecular complexity index is 1560. The molecular formula is C42H50O6S. The monoisotopic (exact) mass is 682 g/mol. The third-order valence-electron chi connectivity index (χ3n) is 10.4. The predicted molar refractivity (Wildman–Crippen MR) is 195 cm³/mol. The van der Waals surface area contributed by atoms with E-state index in [1.54, 1.807) is 6.92 Å². The molecule has 4 aliphatic rings. The van der Waals surface area contributed by atoms with E-state index in [-0.39, 0.29) is 11.0 Å². The molecule has 2 bridgehead atoms. The van der Waals surface area contributed by atoms with Crippen LogP contribution in [-0.4, -0.2) is 48.8 Å². The van der Waals surface area contributed by atoms with Gasteiger partial charge < -0.3 is 23.7 Å². The minimum absolute atomic E-state index is 0.000407. The number of fused-ring (bicyclic) bond motifs is 1. The summed E-state index contributed by atoms with van der Waals surface area (Å²) in [4.78, 5) is 13.5. The Labute approximate surface area is 296 Å². The second-order valence-electron chi connectivity index (χ2n) is 14.1. The summed E-state index contributed by atoms with van der Waals surface area (Å²) in [5.74, 6) is 1.27. The summed E-state index contributed by atoms with van der Waals surface area (Å²) in [6, 6.07) is 30.4. The van der Waals surface area contributed by atoms with Crippen molar-refractivity contribution in [2.45, 2.75) is 90.2 Å². The lowest BCUT2D eigenvalue weighted by Crippen LogP contribution is -2.60. The molecule has 3 aromatic rings. The van der Waals surface area contributed by atoms with Crippen LogP contribution in [0.3, 0.4) is 0 Å². The normalized spacial score (nSPS) is 27.6. The predicted octanol–water partition coefficient (Wildman–Crippen LogP) is 8.70. The van der Waals surface area contributed by atoms with Gasteiger partial charge in [-0.15, -0.1) is 11.8 Å². The van der Waals surface area contributed by atoms with Gasteiger partial charge in [0.25, 0.3) is 0 Å². The lowest BCUT2D eigenvalue weighted by molar-refractivity contribution is -0.272. The molecule has 2 fully saturated rings. The average Bonchev–Trinajstić information content (AvgIpc) is 3.13. The molecule has 1 saturated heterocycles. The number of hydrogen-bond donors (Lipinski definition) is 0. The van der Waals surface area contributed by atoms with Gasteiger partial charge in [-0.1, -0.05) is 117 Å². The fourth-order valence-electron chi connectivity index (χ4n) is 7.22. The first-order valence-corrected chi connectivity index (χ1v) is 18.4. The molecule has 0 N–H and O–H groups in total. The summed E-state index contributed by atoms with van der Waals surface area (Å²) in [5, 5.41) is -0.375. The van der Waals surface area contributed by atoms with E-state index in [1.165, 1.54) is 23.8 Å². The summed E-state index contributed by atoms with van der Waals surface area (Å²) < 4.78 is 33.6. The zero-order valence-electron chi connectivity index (χ0n) is 29.2. The standard InChI is InChI=1S/C42H50O6S/c1-5-37(29(2)43)49-40-39(46-26-32-19-13-8-14-20-32)38(45-25-31-17-11-7-12-18-31)36(28-44-24-30-15-9-6-10-16-30)48-41(40)47-27-33-21-34-23-35(22-33)42(34,3)4/h5-21,34-36,38-41H,22-28H2,1-4H3/b37-5+/t34-,35+,36-,38-,39+,40-,41-/m1/s1. The number of ether oxygens (including phenoxy) is 5. The average molecular weight is 683 g/mol. The maximum absolute atomic E-state index is 12.8. The van der Waals surface area contributed by atoms with Crippen LogP contribution in [0.2, 0.25) is 0 Å². The number of carbonyl (C=O) groups is 1. The van der Waals surface area contributed by atoms with Crippen LogP contribution in [0.4, 0.5) is 0 Å². The van der Waals surface area contributed by atoms with Gasteiger partial charge in [-0.3, -0.25) is 4.79 Å². The summed E-state index contributed by atoms with van der Waals surface area (Å²) >= 11 is 1.47. The number of Topliss-reactive ketones (excluding diaryl/α,β-unsaturated/α-hetero) is 1. The van der Waals surface area contributed by atoms with Gasteiger partial charge in [-0.05, 0) is 66.2 Å². The third kappa shape index (κ3) is 9.01. The first-order chi connectivity index (χ1) is 23.8. The van der Waals surface area contributed by atoms with Crippen LogP contribution in [0.25, 0.3) is 0 Å². The molecule has 3 aliphatic carbocycles. The van der Waals surface area contributed by atoms with Crippen LogP contribution in [0.15, 0.2) is 114 Å². The van der Waals surface area contributed by atoms with Gasteiger partial charge in [0, 0.05) is 4.91 Å². The van der Waals surface area contributed by atoms with Crippen molar-refractivity contribution in [3.05, 3.63) is 130 Å².